The van der Waals surface area contributed by atoms with Gasteiger partial charge in [-0.25, -0.2) is 0 Å². The number of carbonyl (C=O) groups excluding carboxylic acids is 1. The average molecular weight is 393 g/mol. The molecule has 0 aromatic rings. The molecule has 2 saturated heterocycles. The van der Waals surface area contributed by atoms with E-state index in [0.29, 0.717) is 23.9 Å². The van der Waals surface area contributed by atoms with E-state index in [-0.39, 0.29) is 29.0 Å². The van der Waals surface area contributed by atoms with E-state index in [0.717, 1.165) is 39.1 Å². The molecule has 4 aliphatic rings. The zero-order valence-electron chi connectivity index (χ0n) is 18.5. The van der Waals surface area contributed by atoms with Gasteiger partial charge in [-0.3, -0.25) is 9.69 Å². The molecule has 2 heterocycles. The fraction of sp³-hybridized carbons (Fsp3) is 0.957. The van der Waals surface area contributed by atoms with Crippen molar-refractivity contribution in [3.8, 4) is 0 Å². The van der Waals surface area contributed by atoms with Crippen molar-refractivity contribution in [2.24, 2.45) is 23.2 Å². The normalized spacial score (nSPS) is 42.2. The van der Waals surface area contributed by atoms with Gasteiger partial charge in [0.15, 0.2) is 0 Å². The highest BCUT2D eigenvalue weighted by Crippen LogP contribution is 2.62. The quantitative estimate of drug-likeness (QED) is 0.410. The lowest BCUT2D eigenvalue weighted by atomic mass is 9.53. The van der Waals surface area contributed by atoms with Crippen molar-refractivity contribution in [3.63, 3.8) is 0 Å². The molecular weight excluding hydrogens is 352 g/mol. The van der Waals surface area contributed by atoms with E-state index < -0.39 is 0 Å². The molecule has 160 valence electrons. The van der Waals surface area contributed by atoms with Crippen molar-refractivity contribution < 1.29 is 14.3 Å². The zero-order valence-corrected chi connectivity index (χ0v) is 18.5. The topological polar surface area (TPSA) is 54.1 Å². The summed E-state index contributed by atoms with van der Waals surface area (Å²) in [6.45, 7) is 15.0. The predicted octanol–water partition coefficient (Wildman–Crippen LogP) is 3.22. The Hall–Kier alpha value is -0.650. The molecule has 4 fully saturated rings. The summed E-state index contributed by atoms with van der Waals surface area (Å²) in [7, 11) is 0. The van der Waals surface area contributed by atoms with Gasteiger partial charge in [0.2, 0.25) is 0 Å². The molecule has 0 radical (unpaired) electrons. The lowest BCUT2D eigenvalue weighted by molar-refractivity contribution is -0.147. The van der Waals surface area contributed by atoms with Crippen LogP contribution in [-0.4, -0.2) is 60.9 Å². The molecule has 28 heavy (non-hydrogen) atoms. The van der Waals surface area contributed by atoms with E-state index in [9.17, 15) is 4.79 Å². The second-order valence-electron chi connectivity index (χ2n) is 10.7. The van der Waals surface area contributed by atoms with Crippen LogP contribution in [0.4, 0.5) is 0 Å². The Morgan fingerprint density at radius 3 is 2.57 bits per heavy atom. The van der Waals surface area contributed by atoms with Crippen molar-refractivity contribution >= 4 is 5.97 Å². The number of hydrogen-bond donors (Lipinski definition) is 1. The minimum atomic E-state index is 0.0128. The highest BCUT2D eigenvalue weighted by molar-refractivity contribution is 5.75. The third-order valence-electron chi connectivity index (χ3n) is 8.32. The largest absolute Gasteiger partial charge is 0.462 e. The Bertz CT molecular complexity index is 580. The smallest absolute Gasteiger partial charge is 0.310 e. The number of rotatable bonds is 7. The summed E-state index contributed by atoms with van der Waals surface area (Å²) < 4.78 is 11.9. The van der Waals surface area contributed by atoms with Gasteiger partial charge in [0.1, 0.15) is 6.10 Å². The van der Waals surface area contributed by atoms with E-state index >= 15 is 0 Å². The number of hydrogen-bond acceptors (Lipinski definition) is 5. The fourth-order valence-corrected chi connectivity index (χ4v) is 6.77. The zero-order chi connectivity index (χ0) is 20.1. The first-order valence-corrected chi connectivity index (χ1v) is 11.6. The van der Waals surface area contributed by atoms with E-state index in [2.05, 4.69) is 44.8 Å². The molecule has 6 atom stereocenters. The van der Waals surface area contributed by atoms with Gasteiger partial charge in [0.25, 0.3) is 0 Å². The highest BCUT2D eigenvalue weighted by Gasteiger charge is 2.64. The number of nitrogens with zero attached hydrogens (tertiary/aromatic N) is 1. The van der Waals surface area contributed by atoms with Crippen LogP contribution in [0.15, 0.2) is 0 Å². The van der Waals surface area contributed by atoms with Crippen LogP contribution in [0.5, 0.6) is 0 Å². The van der Waals surface area contributed by atoms with Crippen molar-refractivity contribution in [1.82, 2.24) is 10.2 Å². The average Bonchev–Trinajstić information content (AvgIpc) is 3.30. The molecule has 2 aliphatic carbocycles. The van der Waals surface area contributed by atoms with Crippen molar-refractivity contribution in [2.75, 3.05) is 26.2 Å². The Morgan fingerprint density at radius 1 is 1.21 bits per heavy atom. The number of epoxide rings is 1. The maximum Gasteiger partial charge on any atom is 0.310 e. The van der Waals surface area contributed by atoms with Crippen LogP contribution < -0.4 is 5.32 Å². The molecule has 0 unspecified atom stereocenters. The fourth-order valence-electron chi connectivity index (χ4n) is 6.77. The Balaban J connectivity index is 1.35. The molecule has 0 aromatic carbocycles. The summed E-state index contributed by atoms with van der Waals surface area (Å²) in [5.74, 6) is 1.01. The molecule has 0 amide bonds. The molecule has 1 spiro atoms. The first kappa shape index (κ1) is 20.6. The maximum absolute atomic E-state index is 12.7. The second kappa shape index (κ2) is 7.55. The third kappa shape index (κ3) is 3.63. The molecular formula is C23H40N2O3. The van der Waals surface area contributed by atoms with E-state index in [4.69, 9.17) is 9.47 Å². The lowest BCUT2D eigenvalue weighted by Gasteiger charge is -2.51. The first-order valence-electron chi connectivity index (χ1n) is 11.6. The lowest BCUT2D eigenvalue weighted by Crippen LogP contribution is -2.51. The summed E-state index contributed by atoms with van der Waals surface area (Å²) >= 11 is 0. The molecule has 2 aliphatic heterocycles. The van der Waals surface area contributed by atoms with Crippen LogP contribution in [0.2, 0.25) is 0 Å². The highest BCUT2D eigenvalue weighted by atomic mass is 16.6. The van der Waals surface area contributed by atoms with Crippen LogP contribution in [0.1, 0.15) is 66.7 Å². The monoisotopic (exact) mass is 392 g/mol. The summed E-state index contributed by atoms with van der Waals surface area (Å²) in [4.78, 5) is 15.2. The summed E-state index contributed by atoms with van der Waals surface area (Å²) in [6, 6.07) is 1.08. The molecule has 2 saturated carbocycles. The molecule has 0 bridgehead atoms. The van der Waals surface area contributed by atoms with Crippen molar-refractivity contribution in [1.29, 1.82) is 0 Å². The first-order chi connectivity index (χ1) is 13.3. The van der Waals surface area contributed by atoms with Crippen LogP contribution in [-0.2, 0) is 14.3 Å². The second-order valence-corrected chi connectivity index (χ2v) is 10.7. The van der Waals surface area contributed by atoms with E-state index in [1.165, 1.54) is 19.3 Å². The van der Waals surface area contributed by atoms with E-state index in [1.54, 1.807) is 0 Å². The van der Waals surface area contributed by atoms with Gasteiger partial charge in [-0.15, -0.1) is 0 Å². The Labute approximate surface area is 170 Å². The minimum absolute atomic E-state index is 0.0128. The summed E-state index contributed by atoms with van der Waals surface area (Å²) in [6.07, 6.45) is 5.98. The number of carbonyl (C=O) groups is 1. The number of nitrogens with one attached hydrogen (secondary N) is 1. The van der Waals surface area contributed by atoms with Gasteiger partial charge in [-0.2, -0.15) is 0 Å². The number of ether oxygens (including phenoxy) is 2. The number of esters is 1. The van der Waals surface area contributed by atoms with Gasteiger partial charge in [0.05, 0.1) is 18.1 Å². The SMILES string of the molecule is CC(C)N(CCNC[C@@H]1C(=O)O[C@@H]2C[C@@]3(C)CCC[C@@]4(CO4)[C@@H]3C[C@H]12)C(C)C. The van der Waals surface area contributed by atoms with E-state index in [1.807, 2.05) is 0 Å². The predicted molar refractivity (Wildman–Crippen MR) is 110 cm³/mol. The minimum Gasteiger partial charge on any atom is -0.462 e. The van der Waals surface area contributed by atoms with Gasteiger partial charge < -0.3 is 14.8 Å². The van der Waals surface area contributed by atoms with Crippen molar-refractivity contribution in [3.05, 3.63) is 0 Å². The van der Waals surface area contributed by atoms with Gasteiger partial charge in [-0.05, 0) is 71.1 Å². The van der Waals surface area contributed by atoms with Gasteiger partial charge >= 0.3 is 5.97 Å². The van der Waals surface area contributed by atoms with Gasteiger partial charge in [-0.1, -0.05) is 6.92 Å². The standard InChI is InChI=1S/C23H40N2O3/c1-15(2)25(16(3)4)10-9-24-13-18-17-11-20-22(5,12-19(17)28-21(18)26)7-6-8-23(20)14-27-23/h15-20,24H,6-14H2,1-5H3/t17-,18+,19-,20-,22-,23-/m1/s1. The maximum atomic E-state index is 12.7. The van der Waals surface area contributed by atoms with Crippen LogP contribution in [0.3, 0.4) is 0 Å². The third-order valence-corrected chi connectivity index (χ3v) is 8.32. The van der Waals surface area contributed by atoms with Gasteiger partial charge in [0, 0.05) is 37.6 Å². The molecule has 0 aromatic heterocycles. The Kier molecular flexibility index (Phi) is 5.56. The van der Waals surface area contributed by atoms with Crippen LogP contribution in [0, 0.1) is 23.2 Å². The summed E-state index contributed by atoms with van der Waals surface area (Å²) in [5, 5.41) is 3.58. The molecule has 1 N–H and O–H groups in total. The van der Waals surface area contributed by atoms with Crippen LogP contribution >= 0.6 is 0 Å². The molecule has 4 rings (SSSR count). The van der Waals surface area contributed by atoms with Crippen molar-refractivity contribution in [2.45, 2.75) is 90.5 Å². The molecule has 5 heteroatoms. The number of fused-ring (bicyclic) bond motifs is 3. The molecule has 5 nitrogen and oxygen atoms in total. The summed E-state index contributed by atoms with van der Waals surface area (Å²) in [5.41, 5.74) is 0.421. The van der Waals surface area contributed by atoms with Crippen LogP contribution in [0.25, 0.3) is 0 Å². The Morgan fingerprint density at radius 2 is 1.93 bits per heavy atom.